The van der Waals surface area contributed by atoms with Crippen molar-refractivity contribution in [2.45, 2.75) is 25.4 Å². The fourth-order valence-electron chi connectivity index (χ4n) is 3.66. The fraction of sp³-hybridized carbons (Fsp3) is 0.556. The van der Waals surface area contributed by atoms with Crippen LogP contribution in [-0.2, 0) is 11.3 Å². The molecule has 4 rings (SSSR count). The monoisotopic (exact) mass is 344 g/mol. The van der Waals surface area contributed by atoms with E-state index in [1.165, 1.54) is 0 Å². The van der Waals surface area contributed by atoms with Crippen LogP contribution >= 0.6 is 0 Å². The van der Waals surface area contributed by atoms with Crippen LogP contribution < -0.4 is 0 Å². The Hall–Kier alpha value is -2.12. The summed E-state index contributed by atoms with van der Waals surface area (Å²) in [5.41, 5.74) is 0.969. The lowest BCUT2D eigenvalue weighted by atomic mass is 10.0. The highest BCUT2D eigenvalue weighted by atomic mass is 16.5. The molecule has 0 unspecified atom stereocenters. The van der Waals surface area contributed by atoms with Gasteiger partial charge in [-0.1, -0.05) is 0 Å². The van der Waals surface area contributed by atoms with Crippen LogP contribution in [0.1, 0.15) is 35.0 Å². The molecule has 0 spiro atoms. The maximum absolute atomic E-state index is 13.0. The zero-order chi connectivity index (χ0) is 17.1. The van der Waals surface area contributed by atoms with E-state index in [4.69, 9.17) is 9.15 Å². The van der Waals surface area contributed by atoms with Crippen molar-refractivity contribution in [2.24, 2.45) is 0 Å². The number of piperidine rings is 1. The predicted octanol–water partition coefficient (Wildman–Crippen LogP) is 1.79. The molecule has 0 aromatic carbocycles. The second-order valence-electron chi connectivity index (χ2n) is 6.72. The van der Waals surface area contributed by atoms with E-state index in [2.05, 4.69) is 14.5 Å². The molecule has 134 valence electrons. The Labute approximate surface area is 147 Å². The number of rotatable bonds is 4. The summed E-state index contributed by atoms with van der Waals surface area (Å²) in [5, 5.41) is 0. The summed E-state index contributed by atoms with van der Waals surface area (Å²) in [6, 6.07) is 2.21. The lowest BCUT2D eigenvalue weighted by Gasteiger charge is -2.33. The molecule has 2 aliphatic rings. The van der Waals surface area contributed by atoms with Gasteiger partial charge in [0, 0.05) is 50.7 Å². The van der Waals surface area contributed by atoms with Crippen molar-refractivity contribution in [3.8, 4) is 0 Å². The number of hydrogen-bond acceptors (Lipinski definition) is 5. The molecule has 0 aliphatic carbocycles. The van der Waals surface area contributed by atoms with E-state index >= 15 is 0 Å². The largest absolute Gasteiger partial charge is 0.459 e. The maximum Gasteiger partial charge on any atom is 0.289 e. The number of morpholine rings is 1. The molecule has 7 heteroatoms. The molecule has 2 saturated heterocycles. The van der Waals surface area contributed by atoms with E-state index < -0.39 is 0 Å². The number of hydrogen-bond donors (Lipinski definition) is 0. The average molecular weight is 344 g/mol. The number of ether oxygens (including phenoxy) is 1. The summed E-state index contributed by atoms with van der Waals surface area (Å²) in [7, 11) is 0. The summed E-state index contributed by atoms with van der Waals surface area (Å²) in [4.78, 5) is 21.3. The minimum Gasteiger partial charge on any atom is -0.459 e. The standard InChI is InChI=1S/C18H24N4O3/c23-18(21-5-1-2-16(13-21)22-6-4-19-14-22)17-15(3-9-25-17)12-20-7-10-24-11-8-20/h3-4,6,9,14,16H,1-2,5,7-8,10-13H2/t16-/m1/s1. The summed E-state index contributed by atoms with van der Waals surface area (Å²) >= 11 is 0. The average Bonchev–Trinajstić information content (AvgIpc) is 3.34. The lowest BCUT2D eigenvalue weighted by molar-refractivity contribution is 0.0337. The van der Waals surface area contributed by atoms with Gasteiger partial charge in [0.05, 0.1) is 31.8 Å². The quantitative estimate of drug-likeness (QED) is 0.846. The Morgan fingerprint density at radius 1 is 1.28 bits per heavy atom. The van der Waals surface area contributed by atoms with Crippen LogP contribution in [0.25, 0.3) is 0 Å². The second kappa shape index (κ2) is 7.41. The first-order chi connectivity index (χ1) is 12.3. The van der Waals surface area contributed by atoms with E-state index in [9.17, 15) is 4.79 Å². The van der Waals surface area contributed by atoms with Gasteiger partial charge < -0.3 is 18.6 Å². The number of carbonyl (C=O) groups is 1. The third kappa shape index (κ3) is 3.62. The van der Waals surface area contributed by atoms with Crippen LogP contribution in [-0.4, -0.2) is 64.7 Å². The van der Waals surface area contributed by atoms with Gasteiger partial charge in [0.15, 0.2) is 5.76 Å². The van der Waals surface area contributed by atoms with Crippen LogP contribution in [0.5, 0.6) is 0 Å². The molecule has 0 N–H and O–H groups in total. The van der Waals surface area contributed by atoms with Gasteiger partial charge >= 0.3 is 0 Å². The smallest absolute Gasteiger partial charge is 0.289 e. The number of amides is 1. The molecule has 1 atom stereocenters. The number of likely N-dealkylation sites (tertiary alicyclic amines) is 1. The maximum atomic E-state index is 13.0. The van der Waals surface area contributed by atoms with Gasteiger partial charge in [-0.2, -0.15) is 0 Å². The van der Waals surface area contributed by atoms with Crippen molar-refractivity contribution in [2.75, 3.05) is 39.4 Å². The summed E-state index contributed by atoms with van der Waals surface area (Å²) < 4.78 is 13.1. The molecule has 2 fully saturated rings. The van der Waals surface area contributed by atoms with Gasteiger partial charge in [0.25, 0.3) is 5.91 Å². The lowest BCUT2D eigenvalue weighted by Crippen LogP contribution is -2.41. The number of carbonyl (C=O) groups excluding carboxylic acids is 1. The second-order valence-corrected chi connectivity index (χ2v) is 6.72. The first-order valence-electron chi connectivity index (χ1n) is 8.94. The van der Waals surface area contributed by atoms with Gasteiger partial charge in [-0.15, -0.1) is 0 Å². The van der Waals surface area contributed by atoms with Crippen molar-refractivity contribution in [1.82, 2.24) is 19.4 Å². The number of imidazole rings is 1. The Morgan fingerprint density at radius 2 is 2.16 bits per heavy atom. The zero-order valence-corrected chi connectivity index (χ0v) is 14.3. The zero-order valence-electron chi connectivity index (χ0n) is 14.3. The van der Waals surface area contributed by atoms with Crippen LogP contribution in [0.2, 0.25) is 0 Å². The normalized spacial score (nSPS) is 22.2. The van der Waals surface area contributed by atoms with E-state index in [-0.39, 0.29) is 11.9 Å². The van der Waals surface area contributed by atoms with Gasteiger partial charge in [0.2, 0.25) is 0 Å². The van der Waals surface area contributed by atoms with E-state index in [1.54, 1.807) is 12.5 Å². The highest BCUT2D eigenvalue weighted by molar-refractivity contribution is 5.93. The minimum absolute atomic E-state index is 0.00178. The Balaban J connectivity index is 1.44. The fourth-order valence-corrected chi connectivity index (χ4v) is 3.66. The molecular formula is C18H24N4O3. The molecule has 2 aromatic heterocycles. The van der Waals surface area contributed by atoms with Crippen molar-refractivity contribution in [3.63, 3.8) is 0 Å². The molecule has 0 saturated carbocycles. The highest BCUT2D eigenvalue weighted by Crippen LogP contribution is 2.24. The SMILES string of the molecule is O=C(c1occc1CN1CCOCC1)N1CCC[C@@H](n2ccnc2)C1. The molecule has 1 amide bonds. The van der Waals surface area contributed by atoms with Gasteiger partial charge in [-0.25, -0.2) is 4.98 Å². The molecule has 2 aliphatic heterocycles. The van der Waals surface area contributed by atoms with Crippen molar-refractivity contribution in [1.29, 1.82) is 0 Å². The minimum atomic E-state index is -0.00178. The first-order valence-corrected chi connectivity index (χ1v) is 8.94. The number of furan rings is 1. The summed E-state index contributed by atoms with van der Waals surface area (Å²) in [5.74, 6) is 0.482. The predicted molar refractivity (Wildman–Crippen MR) is 91.2 cm³/mol. The summed E-state index contributed by atoms with van der Waals surface area (Å²) in [6.07, 6.45) is 9.27. The number of aromatic nitrogens is 2. The molecular weight excluding hydrogens is 320 g/mol. The van der Waals surface area contributed by atoms with Gasteiger partial charge in [0.1, 0.15) is 0 Å². The highest BCUT2D eigenvalue weighted by Gasteiger charge is 2.28. The van der Waals surface area contributed by atoms with E-state index in [1.807, 2.05) is 23.5 Å². The first kappa shape index (κ1) is 16.4. The van der Waals surface area contributed by atoms with E-state index in [0.717, 1.165) is 57.8 Å². The Morgan fingerprint density at radius 3 is 2.96 bits per heavy atom. The summed E-state index contributed by atoms with van der Waals surface area (Å²) in [6.45, 7) is 5.50. The van der Waals surface area contributed by atoms with E-state index in [0.29, 0.717) is 12.3 Å². The van der Waals surface area contributed by atoms with Crippen LogP contribution in [0.4, 0.5) is 0 Å². The molecule has 4 heterocycles. The van der Waals surface area contributed by atoms with Gasteiger partial charge in [-0.3, -0.25) is 9.69 Å². The third-order valence-electron chi connectivity index (χ3n) is 5.07. The van der Waals surface area contributed by atoms with Crippen molar-refractivity contribution >= 4 is 5.91 Å². The van der Waals surface area contributed by atoms with Crippen molar-refractivity contribution in [3.05, 3.63) is 42.4 Å². The molecule has 2 aromatic rings. The molecule has 25 heavy (non-hydrogen) atoms. The van der Waals surface area contributed by atoms with Crippen LogP contribution in [0.3, 0.4) is 0 Å². The molecule has 0 bridgehead atoms. The molecule has 0 radical (unpaired) electrons. The van der Waals surface area contributed by atoms with Crippen LogP contribution in [0.15, 0.2) is 35.5 Å². The Kier molecular flexibility index (Phi) is 4.85. The van der Waals surface area contributed by atoms with Gasteiger partial charge in [-0.05, 0) is 18.9 Å². The Bertz CT molecular complexity index is 691. The third-order valence-corrected chi connectivity index (χ3v) is 5.07. The topological polar surface area (TPSA) is 63.7 Å². The molecule has 7 nitrogen and oxygen atoms in total. The van der Waals surface area contributed by atoms with Crippen molar-refractivity contribution < 1.29 is 13.9 Å². The number of nitrogens with zero attached hydrogens (tertiary/aromatic N) is 4. The van der Waals surface area contributed by atoms with Crippen LogP contribution in [0, 0.1) is 0 Å².